The average molecular weight is 274 g/mol. The quantitative estimate of drug-likeness (QED) is 0.913. The van der Waals surface area contributed by atoms with Crippen molar-refractivity contribution in [2.45, 2.75) is 44.3 Å². The number of hydrogen-bond acceptors (Lipinski definition) is 3. The van der Waals surface area contributed by atoms with Gasteiger partial charge in [-0.15, -0.1) is 0 Å². The van der Waals surface area contributed by atoms with Crippen molar-refractivity contribution in [3.05, 3.63) is 35.9 Å². The van der Waals surface area contributed by atoms with Crippen molar-refractivity contribution in [1.29, 1.82) is 0 Å². The monoisotopic (exact) mass is 274 g/mol. The standard InChI is InChI=1S/C17H26N2O/c1-17(2)13-18-15(10-14-6-4-3-5-7-14)11-19(17)16-8-9-20-12-16/h3-7,15-16,18H,8-13H2,1-2H3. The van der Waals surface area contributed by atoms with Gasteiger partial charge in [-0.05, 0) is 32.3 Å². The van der Waals surface area contributed by atoms with Crippen LogP contribution in [-0.4, -0.2) is 48.8 Å². The van der Waals surface area contributed by atoms with Crippen LogP contribution in [0.5, 0.6) is 0 Å². The summed E-state index contributed by atoms with van der Waals surface area (Å²) in [6, 6.07) is 11.9. The van der Waals surface area contributed by atoms with Gasteiger partial charge in [-0.25, -0.2) is 0 Å². The highest BCUT2D eigenvalue weighted by Gasteiger charge is 2.39. The minimum Gasteiger partial charge on any atom is -0.380 e. The van der Waals surface area contributed by atoms with Crippen LogP contribution in [0.2, 0.25) is 0 Å². The molecule has 0 spiro atoms. The SMILES string of the molecule is CC1(C)CNC(Cc2ccccc2)CN1C1CCOC1. The van der Waals surface area contributed by atoms with Crippen LogP contribution in [-0.2, 0) is 11.2 Å². The van der Waals surface area contributed by atoms with Crippen LogP contribution in [0.3, 0.4) is 0 Å². The Morgan fingerprint density at radius 2 is 2.10 bits per heavy atom. The summed E-state index contributed by atoms with van der Waals surface area (Å²) >= 11 is 0. The zero-order valence-electron chi connectivity index (χ0n) is 12.6. The van der Waals surface area contributed by atoms with Crippen LogP contribution in [0.25, 0.3) is 0 Å². The summed E-state index contributed by atoms with van der Waals surface area (Å²) in [6.45, 7) is 8.69. The van der Waals surface area contributed by atoms with Crippen LogP contribution in [0.15, 0.2) is 30.3 Å². The molecule has 110 valence electrons. The second-order valence-corrected chi connectivity index (χ2v) is 6.75. The molecule has 2 aliphatic rings. The average Bonchev–Trinajstić information content (AvgIpc) is 2.96. The van der Waals surface area contributed by atoms with E-state index in [1.165, 1.54) is 12.0 Å². The maximum absolute atomic E-state index is 5.60. The van der Waals surface area contributed by atoms with Gasteiger partial charge in [-0.1, -0.05) is 30.3 Å². The van der Waals surface area contributed by atoms with Gasteiger partial charge >= 0.3 is 0 Å². The lowest BCUT2D eigenvalue weighted by Gasteiger charge is -2.49. The van der Waals surface area contributed by atoms with Crippen molar-refractivity contribution in [3.63, 3.8) is 0 Å². The maximum atomic E-state index is 5.60. The molecule has 1 N–H and O–H groups in total. The number of hydrogen-bond donors (Lipinski definition) is 1. The van der Waals surface area contributed by atoms with E-state index in [9.17, 15) is 0 Å². The van der Waals surface area contributed by atoms with Crippen LogP contribution in [0.1, 0.15) is 25.8 Å². The van der Waals surface area contributed by atoms with Gasteiger partial charge in [-0.3, -0.25) is 4.90 Å². The molecular weight excluding hydrogens is 248 g/mol. The summed E-state index contributed by atoms with van der Waals surface area (Å²) in [5, 5.41) is 3.73. The van der Waals surface area contributed by atoms with Gasteiger partial charge in [0.2, 0.25) is 0 Å². The molecule has 1 aromatic carbocycles. The van der Waals surface area contributed by atoms with Crippen molar-refractivity contribution < 1.29 is 4.74 Å². The Bertz CT molecular complexity index is 426. The van der Waals surface area contributed by atoms with Crippen molar-refractivity contribution in [1.82, 2.24) is 10.2 Å². The second kappa shape index (κ2) is 5.84. The summed E-state index contributed by atoms with van der Waals surface area (Å²) in [7, 11) is 0. The van der Waals surface area contributed by atoms with Crippen molar-refractivity contribution >= 4 is 0 Å². The van der Waals surface area contributed by atoms with Crippen LogP contribution in [0.4, 0.5) is 0 Å². The van der Waals surface area contributed by atoms with Crippen LogP contribution < -0.4 is 5.32 Å². The van der Waals surface area contributed by atoms with E-state index in [0.717, 1.165) is 32.7 Å². The third-order valence-electron chi connectivity index (χ3n) is 4.69. The minimum atomic E-state index is 0.228. The molecule has 0 aliphatic carbocycles. The van der Waals surface area contributed by atoms with Gasteiger partial charge in [0.1, 0.15) is 0 Å². The Hall–Kier alpha value is -0.900. The topological polar surface area (TPSA) is 24.5 Å². The fourth-order valence-electron chi connectivity index (χ4n) is 3.49. The lowest BCUT2D eigenvalue weighted by atomic mass is 9.92. The number of benzene rings is 1. The third-order valence-corrected chi connectivity index (χ3v) is 4.69. The first kappa shape index (κ1) is 14.1. The van der Waals surface area contributed by atoms with Gasteiger partial charge in [0.25, 0.3) is 0 Å². The highest BCUT2D eigenvalue weighted by atomic mass is 16.5. The zero-order valence-corrected chi connectivity index (χ0v) is 12.6. The second-order valence-electron chi connectivity index (χ2n) is 6.75. The first-order valence-corrected chi connectivity index (χ1v) is 7.77. The molecule has 0 aromatic heterocycles. The molecule has 0 radical (unpaired) electrons. The lowest BCUT2D eigenvalue weighted by Crippen LogP contribution is -2.65. The van der Waals surface area contributed by atoms with E-state index in [0.29, 0.717) is 12.1 Å². The highest BCUT2D eigenvalue weighted by molar-refractivity contribution is 5.16. The Morgan fingerprint density at radius 1 is 1.30 bits per heavy atom. The summed E-state index contributed by atoms with van der Waals surface area (Å²) in [5.41, 5.74) is 1.65. The van der Waals surface area contributed by atoms with E-state index in [-0.39, 0.29) is 5.54 Å². The molecule has 3 heteroatoms. The molecule has 1 aromatic rings. The molecule has 0 saturated carbocycles. The molecule has 2 heterocycles. The van der Waals surface area contributed by atoms with Gasteiger partial charge in [0.05, 0.1) is 6.61 Å². The minimum absolute atomic E-state index is 0.228. The molecule has 3 rings (SSSR count). The molecule has 2 aliphatic heterocycles. The van der Waals surface area contributed by atoms with Crippen molar-refractivity contribution in [2.24, 2.45) is 0 Å². The van der Waals surface area contributed by atoms with Crippen molar-refractivity contribution in [2.75, 3.05) is 26.3 Å². The van der Waals surface area contributed by atoms with Crippen LogP contribution >= 0.6 is 0 Å². The molecule has 2 fully saturated rings. The van der Waals surface area contributed by atoms with E-state index < -0.39 is 0 Å². The first-order chi connectivity index (χ1) is 9.65. The molecule has 0 amide bonds. The Morgan fingerprint density at radius 3 is 2.80 bits per heavy atom. The van der Waals surface area contributed by atoms with E-state index in [1.807, 2.05) is 0 Å². The van der Waals surface area contributed by atoms with E-state index >= 15 is 0 Å². The first-order valence-electron chi connectivity index (χ1n) is 7.77. The van der Waals surface area contributed by atoms with Gasteiger partial charge in [0, 0.05) is 37.3 Å². The Balaban J connectivity index is 1.66. The number of piperazine rings is 1. The fourth-order valence-corrected chi connectivity index (χ4v) is 3.49. The van der Waals surface area contributed by atoms with Gasteiger partial charge < -0.3 is 10.1 Å². The Kier molecular flexibility index (Phi) is 4.11. The highest BCUT2D eigenvalue weighted by Crippen LogP contribution is 2.26. The normalized spacial score (nSPS) is 30.5. The molecule has 2 unspecified atom stereocenters. The van der Waals surface area contributed by atoms with E-state index in [4.69, 9.17) is 4.74 Å². The maximum Gasteiger partial charge on any atom is 0.0622 e. The summed E-state index contributed by atoms with van der Waals surface area (Å²) < 4.78 is 5.60. The molecule has 2 saturated heterocycles. The Labute approximate surface area is 122 Å². The smallest absolute Gasteiger partial charge is 0.0622 e. The van der Waals surface area contributed by atoms with Gasteiger partial charge in [-0.2, -0.15) is 0 Å². The number of nitrogens with one attached hydrogen (secondary N) is 1. The zero-order chi connectivity index (χ0) is 14.0. The fraction of sp³-hybridized carbons (Fsp3) is 0.647. The summed E-state index contributed by atoms with van der Waals surface area (Å²) in [5.74, 6) is 0. The lowest BCUT2D eigenvalue weighted by molar-refractivity contribution is 0.0199. The molecule has 3 nitrogen and oxygen atoms in total. The predicted octanol–water partition coefficient (Wildman–Crippen LogP) is 2.07. The molecule has 20 heavy (non-hydrogen) atoms. The predicted molar refractivity (Wildman–Crippen MR) is 81.9 cm³/mol. The van der Waals surface area contributed by atoms with E-state index in [1.54, 1.807) is 0 Å². The third kappa shape index (κ3) is 3.05. The molecule has 2 atom stereocenters. The summed E-state index contributed by atoms with van der Waals surface area (Å²) in [6.07, 6.45) is 2.29. The molecular formula is C17H26N2O. The van der Waals surface area contributed by atoms with Gasteiger partial charge in [0.15, 0.2) is 0 Å². The van der Waals surface area contributed by atoms with Crippen LogP contribution in [0, 0.1) is 0 Å². The molecule has 0 bridgehead atoms. The van der Waals surface area contributed by atoms with E-state index in [2.05, 4.69) is 54.4 Å². The number of ether oxygens (including phenoxy) is 1. The summed E-state index contributed by atoms with van der Waals surface area (Å²) in [4.78, 5) is 2.67. The van der Waals surface area contributed by atoms with Crippen molar-refractivity contribution in [3.8, 4) is 0 Å². The number of nitrogens with zero attached hydrogens (tertiary/aromatic N) is 1. The largest absolute Gasteiger partial charge is 0.380 e. The number of rotatable bonds is 3.